The first-order valence-electron chi connectivity index (χ1n) is 4.27. The number of nitrogens with two attached hydrogens (primary N) is 1. The van der Waals surface area contributed by atoms with Crippen molar-refractivity contribution >= 4 is 22.9 Å². The molecule has 0 spiro atoms. The number of aromatic amines is 1. The molecule has 4 N–H and O–H groups in total. The van der Waals surface area contributed by atoms with Crippen molar-refractivity contribution in [3.63, 3.8) is 0 Å². The Morgan fingerprint density at radius 2 is 2.43 bits per heavy atom. The molecule has 0 aliphatic heterocycles. The normalized spacial score (nSPS) is 10.9. The summed E-state index contributed by atoms with van der Waals surface area (Å²) in [5, 5.41) is 9.79. The van der Waals surface area contributed by atoms with Crippen LogP contribution in [0, 0.1) is 6.92 Å². The Kier molecular flexibility index (Phi) is 5.94. The van der Waals surface area contributed by atoms with Crippen LogP contribution in [-0.4, -0.2) is 22.7 Å². The first-order chi connectivity index (χ1) is 6.22. The van der Waals surface area contributed by atoms with Crippen molar-refractivity contribution in [2.45, 2.75) is 20.4 Å². The lowest BCUT2D eigenvalue weighted by atomic mass is 10.4. The van der Waals surface area contributed by atoms with Gasteiger partial charge < -0.3 is 11.1 Å². The highest BCUT2D eigenvalue weighted by Gasteiger charge is 1.95. The van der Waals surface area contributed by atoms with Crippen LogP contribution >= 0.6 is 17.0 Å². The van der Waals surface area contributed by atoms with Gasteiger partial charge in [0.25, 0.3) is 0 Å². The quantitative estimate of drug-likeness (QED) is 0.554. The maximum atomic E-state index is 5.54. The van der Waals surface area contributed by atoms with Gasteiger partial charge in [0.1, 0.15) is 0 Å². The number of H-pyrrole nitrogens is 1. The fourth-order valence-corrected chi connectivity index (χ4v) is 0.959. The van der Waals surface area contributed by atoms with E-state index in [1.807, 2.05) is 19.9 Å². The van der Waals surface area contributed by atoms with Gasteiger partial charge in [-0.1, -0.05) is 0 Å². The van der Waals surface area contributed by atoms with E-state index < -0.39 is 0 Å². The van der Waals surface area contributed by atoms with Gasteiger partial charge in [-0.15, -0.1) is 17.0 Å². The van der Waals surface area contributed by atoms with Gasteiger partial charge in [0.05, 0.1) is 12.2 Å². The molecule has 0 amide bonds. The van der Waals surface area contributed by atoms with Gasteiger partial charge in [-0.2, -0.15) is 5.10 Å². The number of guanidine groups is 1. The SMILES string of the molecule is Br.CCNC(N)=NCc1cc(C)[nH]n1. The third-order valence-corrected chi connectivity index (χ3v) is 1.53. The molecule has 6 heteroatoms. The second-order valence-corrected chi connectivity index (χ2v) is 2.77. The molecule has 1 aromatic rings. The van der Waals surface area contributed by atoms with Crippen LogP contribution in [0.1, 0.15) is 18.3 Å². The maximum Gasteiger partial charge on any atom is 0.188 e. The molecule has 14 heavy (non-hydrogen) atoms. The maximum absolute atomic E-state index is 5.54. The topological polar surface area (TPSA) is 79.1 Å². The first-order valence-corrected chi connectivity index (χ1v) is 4.27. The third kappa shape index (κ3) is 4.27. The Morgan fingerprint density at radius 1 is 1.71 bits per heavy atom. The zero-order valence-electron chi connectivity index (χ0n) is 8.37. The summed E-state index contributed by atoms with van der Waals surface area (Å²) in [4.78, 5) is 4.10. The smallest absolute Gasteiger partial charge is 0.188 e. The van der Waals surface area contributed by atoms with Gasteiger partial charge in [-0.05, 0) is 19.9 Å². The lowest BCUT2D eigenvalue weighted by Crippen LogP contribution is -2.31. The molecule has 0 aliphatic carbocycles. The van der Waals surface area contributed by atoms with Crippen LogP contribution in [0.25, 0.3) is 0 Å². The van der Waals surface area contributed by atoms with E-state index in [1.54, 1.807) is 0 Å². The van der Waals surface area contributed by atoms with Crippen molar-refractivity contribution in [1.82, 2.24) is 15.5 Å². The molecule has 0 saturated carbocycles. The Morgan fingerprint density at radius 3 is 2.93 bits per heavy atom. The molecule has 0 unspecified atom stereocenters. The van der Waals surface area contributed by atoms with Crippen LogP contribution in [0.15, 0.2) is 11.1 Å². The number of rotatable bonds is 3. The predicted molar refractivity (Wildman–Crippen MR) is 62.6 cm³/mol. The van der Waals surface area contributed by atoms with Crippen LogP contribution in [0.2, 0.25) is 0 Å². The van der Waals surface area contributed by atoms with Gasteiger partial charge in [0.2, 0.25) is 0 Å². The predicted octanol–water partition coefficient (Wildman–Crippen LogP) is 0.720. The molecule has 1 rings (SSSR count). The van der Waals surface area contributed by atoms with E-state index in [4.69, 9.17) is 5.73 Å². The fourth-order valence-electron chi connectivity index (χ4n) is 0.959. The Balaban J connectivity index is 0.00000169. The minimum absolute atomic E-state index is 0. The highest BCUT2D eigenvalue weighted by atomic mass is 79.9. The van der Waals surface area contributed by atoms with Crippen molar-refractivity contribution in [2.75, 3.05) is 6.54 Å². The monoisotopic (exact) mass is 261 g/mol. The van der Waals surface area contributed by atoms with E-state index >= 15 is 0 Å². The fraction of sp³-hybridized carbons (Fsp3) is 0.500. The number of hydrogen-bond acceptors (Lipinski definition) is 2. The summed E-state index contributed by atoms with van der Waals surface area (Å²) < 4.78 is 0. The molecule has 80 valence electrons. The van der Waals surface area contributed by atoms with Crippen molar-refractivity contribution < 1.29 is 0 Å². The zero-order chi connectivity index (χ0) is 9.68. The van der Waals surface area contributed by atoms with Gasteiger partial charge in [-0.3, -0.25) is 5.10 Å². The highest BCUT2D eigenvalue weighted by Crippen LogP contribution is 1.98. The van der Waals surface area contributed by atoms with Crippen LogP contribution in [0.3, 0.4) is 0 Å². The molecule has 1 aromatic heterocycles. The second kappa shape index (κ2) is 6.42. The summed E-state index contributed by atoms with van der Waals surface area (Å²) in [5.41, 5.74) is 7.48. The van der Waals surface area contributed by atoms with Crippen molar-refractivity contribution in [3.05, 3.63) is 17.5 Å². The number of aromatic nitrogens is 2. The number of hydrogen-bond donors (Lipinski definition) is 3. The van der Waals surface area contributed by atoms with Crippen LogP contribution in [0.5, 0.6) is 0 Å². The minimum Gasteiger partial charge on any atom is -0.370 e. The van der Waals surface area contributed by atoms with Crippen LogP contribution in [-0.2, 0) is 6.54 Å². The first kappa shape index (κ1) is 13.0. The van der Waals surface area contributed by atoms with Crippen molar-refractivity contribution in [2.24, 2.45) is 10.7 Å². The second-order valence-electron chi connectivity index (χ2n) is 2.77. The lowest BCUT2D eigenvalue weighted by molar-refractivity contribution is 0.898. The van der Waals surface area contributed by atoms with E-state index in [0.717, 1.165) is 17.9 Å². The molecule has 0 fully saturated rings. The molecule has 0 atom stereocenters. The summed E-state index contributed by atoms with van der Waals surface area (Å²) >= 11 is 0. The van der Waals surface area contributed by atoms with Gasteiger partial charge >= 0.3 is 0 Å². The molecule has 0 aromatic carbocycles. The van der Waals surface area contributed by atoms with Crippen molar-refractivity contribution in [3.8, 4) is 0 Å². The average Bonchev–Trinajstić information content (AvgIpc) is 2.49. The molecule has 0 bridgehead atoms. The summed E-state index contributed by atoms with van der Waals surface area (Å²) in [5.74, 6) is 0.461. The van der Waals surface area contributed by atoms with Gasteiger partial charge in [-0.25, -0.2) is 4.99 Å². The van der Waals surface area contributed by atoms with E-state index in [9.17, 15) is 0 Å². The van der Waals surface area contributed by atoms with Gasteiger partial charge in [0, 0.05) is 12.2 Å². The summed E-state index contributed by atoms with van der Waals surface area (Å²) in [6.07, 6.45) is 0. The van der Waals surface area contributed by atoms with Gasteiger partial charge in [0.15, 0.2) is 5.96 Å². The average molecular weight is 262 g/mol. The standard InChI is InChI=1S/C8H15N5.BrH/c1-3-10-8(9)11-5-7-4-6(2)12-13-7;/h4H,3,5H2,1-2H3,(H,12,13)(H3,9,10,11);1H. The zero-order valence-corrected chi connectivity index (χ0v) is 10.1. The number of aryl methyl sites for hydroxylation is 1. The third-order valence-electron chi connectivity index (χ3n) is 1.53. The highest BCUT2D eigenvalue weighted by molar-refractivity contribution is 8.93. The lowest BCUT2D eigenvalue weighted by Gasteiger charge is -1.99. The molecular weight excluding hydrogens is 246 g/mol. The minimum atomic E-state index is 0. The molecule has 5 nitrogen and oxygen atoms in total. The number of aliphatic imine (C=N–C) groups is 1. The van der Waals surface area contributed by atoms with E-state index in [1.165, 1.54) is 0 Å². The van der Waals surface area contributed by atoms with Crippen LogP contribution < -0.4 is 11.1 Å². The Hall–Kier alpha value is -1.04. The number of nitrogens with zero attached hydrogens (tertiary/aromatic N) is 2. The van der Waals surface area contributed by atoms with E-state index in [0.29, 0.717) is 12.5 Å². The summed E-state index contributed by atoms with van der Waals surface area (Å²) in [6, 6.07) is 1.95. The summed E-state index contributed by atoms with van der Waals surface area (Å²) in [6.45, 7) is 5.23. The molecular formula is C8H16BrN5. The van der Waals surface area contributed by atoms with Crippen molar-refractivity contribution in [1.29, 1.82) is 0 Å². The largest absolute Gasteiger partial charge is 0.370 e. The van der Waals surface area contributed by atoms with E-state index in [2.05, 4.69) is 20.5 Å². The molecule has 0 aliphatic rings. The Bertz CT molecular complexity index is 294. The molecule has 1 heterocycles. The molecule has 0 radical (unpaired) electrons. The molecule has 0 saturated heterocycles. The number of halogens is 1. The van der Waals surface area contributed by atoms with Crippen LogP contribution in [0.4, 0.5) is 0 Å². The van der Waals surface area contributed by atoms with E-state index in [-0.39, 0.29) is 17.0 Å². The number of nitrogens with one attached hydrogen (secondary N) is 2. The summed E-state index contributed by atoms with van der Waals surface area (Å²) in [7, 11) is 0. The Labute approximate surface area is 94.0 Å².